The zero-order chi connectivity index (χ0) is 29.4. The van der Waals surface area contributed by atoms with E-state index in [2.05, 4.69) is 44.4 Å². The highest BCUT2D eigenvalue weighted by atomic mass is 35.5. The number of hydrogen-bond acceptors (Lipinski definition) is 4. The molecule has 210 valence electrons. The van der Waals surface area contributed by atoms with Crippen molar-refractivity contribution in [3.05, 3.63) is 110 Å². The van der Waals surface area contributed by atoms with Crippen molar-refractivity contribution < 1.29 is 4.74 Å². The van der Waals surface area contributed by atoms with E-state index in [0.29, 0.717) is 28.4 Å². The second-order valence-electron chi connectivity index (χ2n) is 10.7. The summed E-state index contributed by atoms with van der Waals surface area (Å²) in [6, 6.07) is 19.5. The van der Waals surface area contributed by atoms with E-state index in [4.69, 9.17) is 26.4 Å². The van der Waals surface area contributed by atoms with E-state index in [1.54, 1.807) is 12.3 Å². The van der Waals surface area contributed by atoms with Crippen molar-refractivity contribution in [3.63, 3.8) is 0 Å². The third-order valence-electron chi connectivity index (χ3n) is 7.47. The highest BCUT2D eigenvalue weighted by Gasteiger charge is 2.19. The minimum absolute atomic E-state index is 0.222. The van der Waals surface area contributed by atoms with Gasteiger partial charge in [0.15, 0.2) is 5.82 Å². The number of para-hydroxylation sites is 1. The van der Waals surface area contributed by atoms with E-state index < -0.39 is 0 Å². The van der Waals surface area contributed by atoms with Gasteiger partial charge in [-0.25, -0.2) is 4.98 Å². The van der Waals surface area contributed by atoms with Crippen LogP contribution in [-0.4, -0.2) is 27.0 Å². The van der Waals surface area contributed by atoms with Crippen molar-refractivity contribution in [3.8, 4) is 22.8 Å². The Morgan fingerprint density at radius 1 is 1.00 bits per heavy atom. The van der Waals surface area contributed by atoms with Gasteiger partial charge in [0.25, 0.3) is 5.56 Å². The standard InChI is InChI=1S/C34H35ClN4O2/c1-8-41-32-15-22(5)29(18-28(32)20(2)3)33-37-30-12-10-9-11-27(30)34(40)39(33)36-19-25-16-23(6)38(24(25)7)31-17-26(35)14-13-21(31)4/h9-20H,8H2,1-7H3. The molecular formula is C34H35ClN4O2. The van der Waals surface area contributed by atoms with Crippen LogP contribution in [0.15, 0.2) is 70.6 Å². The number of rotatable bonds is 7. The van der Waals surface area contributed by atoms with Crippen molar-refractivity contribution in [2.45, 2.75) is 54.4 Å². The molecule has 0 spiro atoms. The third kappa shape index (κ3) is 5.32. The smallest absolute Gasteiger partial charge is 0.282 e. The van der Waals surface area contributed by atoms with Crippen molar-refractivity contribution in [2.75, 3.05) is 6.61 Å². The largest absolute Gasteiger partial charge is 0.494 e. The molecule has 0 aliphatic carbocycles. The van der Waals surface area contributed by atoms with Gasteiger partial charge in [-0.3, -0.25) is 4.79 Å². The van der Waals surface area contributed by atoms with Gasteiger partial charge < -0.3 is 9.30 Å². The first-order chi connectivity index (χ1) is 19.6. The summed E-state index contributed by atoms with van der Waals surface area (Å²) < 4.78 is 9.53. The second-order valence-corrected chi connectivity index (χ2v) is 11.1. The molecule has 2 heterocycles. The fraction of sp³-hybridized carbons (Fsp3) is 0.265. The van der Waals surface area contributed by atoms with Gasteiger partial charge in [-0.05, 0) is 99.7 Å². The highest BCUT2D eigenvalue weighted by Crippen LogP contribution is 2.34. The summed E-state index contributed by atoms with van der Waals surface area (Å²) in [5.41, 5.74) is 8.35. The Morgan fingerprint density at radius 2 is 1.76 bits per heavy atom. The average molecular weight is 567 g/mol. The molecule has 0 atom stereocenters. The van der Waals surface area contributed by atoms with Gasteiger partial charge in [-0.1, -0.05) is 43.6 Å². The molecule has 41 heavy (non-hydrogen) atoms. The molecule has 3 aromatic carbocycles. The Kier molecular flexibility index (Phi) is 7.87. The molecule has 6 nitrogen and oxygen atoms in total. The topological polar surface area (TPSA) is 61.4 Å². The van der Waals surface area contributed by atoms with Crippen LogP contribution in [0.4, 0.5) is 0 Å². The number of hydrogen-bond donors (Lipinski definition) is 0. The predicted octanol–water partition coefficient (Wildman–Crippen LogP) is 8.15. The van der Waals surface area contributed by atoms with Crippen LogP contribution in [0.2, 0.25) is 5.02 Å². The van der Waals surface area contributed by atoms with Crippen molar-refractivity contribution in [1.29, 1.82) is 0 Å². The molecule has 0 saturated heterocycles. The lowest BCUT2D eigenvalue weighted by molar-refractivity contribution is 0.335. The molecule has 0 fully saturated rings. The molecule has 0 amide bonds. The predicted molar refractivity (Wildman–Crippen MR) is 169 cm³/mol. The summed E-state index contributed by atoms with van der Waals surface area (Å²) in [6.45, 7) is 15.0. The summed E-state index contributed by atoms with van der Waals surface area (Å²) in [6.07, 6.45) is 1.74. The van der Waals surface area contributed by atoms with Gasteiger partial charge in [0.2, 0.25) is 0 Å². The minimum Gasteiger partial charge on any atom is -0.494 e. The van der Waals surface area contributed by atoms with Crippen LogP contribution in [0.1, 0.15) is 60.3 Å². The van der Waals surface area contributed by atoms with Crippen LogP contribution < -0.4 is 10.3 Å². The third-order valence-corrected chi connectivity index (χ3v) is 7.70. The molecule has 0 aliphatic heterocycles. The van der Waals surface area contributed by atoms with E-state index in [9.17, 15) is 4.79 Å². The molecule has 0 aliphatic rings. The average Bonchev–Trinajstić information content (AvgIpc) is 3.22. The Labute approximate surface area is 245 Å². The maximum Gasteiger partial charge on any atom is 0.282 e. The number of ether oxygens (including phenoxy) is 1. The summed E-state index contributed by atoms with van der Waals surface area (Å²) in [4.78, 5) is 18.8. The number of halogens is 1. The minimum atomic E-state index is -0.222. The zero-order valence-corrected chi connectivity index (χ0v) is 25.4. The van der Waals surface area contributed by atoms with Crippen LogP contribution in [0.3, 0.4) is 0 Å². The summed E-state index contributed by atoms with van der Waals surface area (Å²) in [5, 5.41) is 5.97. The van der Waals surface area contributed by atoms with Crippen molar-refractivity contribution >= 4 is 28.7 Å². The first kappa shape index (κ1) is 28.4. The normalized spacial score (nSPS) is 11.7. The molecule has 5 aromatic rings. The number of fused-ring (bicyclic) bond motifs is 1. The molecule has 7 heteroatoms. The molecule has 0 radical (unpaired) electrons. The molecule has 0 N–H and O–H groups in total. The zero-order valence-electron chi connectivity index (χ0n) is 24.6. The quantitative estimate of drug-likeness (QED) is 0.187. The molecular weight excluding hydrogens is 532 g/mol. The van der Waals surface area contributed by atoms with E-state index in [1.807, 2.05) is 63.2 Å². The Bertz CT molecular complexity index is 1860. The number of nitrogens with zero attached hydrogens (tertiary/aromatic N) is 4. The first-order valence-electron chi connectivity index (χ1n) is 13.9. The van der Waals surface area contributed by atoms with Crippen LogP contribution in [0.25, 0.3) is 28.0 Å². The maximum absolute atomic E-state index is 13.9. The van der Waals surface area contributed by atoms with Gasteiger partial charge in [0.05, 0.1) is 23.7 Å². The van der Waals surface area contributed by atoms with Crippen LogP contribution >= 0.6 is 11.6 Å². The molecule has 5 rings (SSSR count). The lowest BCUT2D eigenvalue weighted by Crippen LogP contribution is -2.21. The highest BCUT2D eigenvalue weighted by molar-refractivity contribution is 6.30. The lowest BCUT2D eigenvalue weighted by Gasteiger charge is -2.18. The summed E-state index contributed by atoms with van der Waals surface area (Å²) >= 11 is 6.34. The lowest BCUT2D eigenvalue weighted by atomic mass is 9.96. The van der Waals surface area contributed by atoms with Crippen LogP contribution in [0, 0.1) is 27.7 Å². The van der Waals surface area contributed by atoms with E-state index in [-0.39, 0.29) is 11.5 Å². The van der Waals surface area contributed by atoms with Gasteiger partial charge in [-0.15, -0.1) is 0 Å². The van der Waals surface area contributed by atoms with Crippen LogP contribution in [-0.2, 0) is 0 Å². The Hall–Kier alpha value is -4.16. The monoisotopic (exact) mass is 566 g/mol. The van der Waals surface area contributed by atoms with Gasteiger partial charge in [-0.2, -0.15) is 9.78 Å². The van der Waals surface area contributed by atoms with E-state index in [0.717, 1.165) is 50.6 Å². The Balaban J connectivity index is 1.71. The van der Waals surface area contributed by atoms with Crippen molar-refractivity contribution in [2.24, 2.45) is 5.10 Å². The SMILES string of the molecule is CCOc1cc(C)c(-c2nc3ccccc3c(=O)n2N=Cc2cc(C)n(-c3cc(Cl)ccc3C)c2C)cc1C(C)C. The Morgan fingerprint density at radius 3 is 2.49 bits per heavy atom. The van der Waals surface area contributed by atoms with Crippen LogP contribution in [0.5, 0.6) is 5.75 Å². The fourth-order valence-corrected chi connectivity index (χ4v) is 5.47. The fourth-order valence-electron chi connectivity index (χ4n) is 5.31. The van der Waals surface area contributed by atoms with E-state index in [1.165, 1.54) is 4.68 Å². The number of aromatic nitrogens is 3. The maximum atomic E-state index is 13.9. The summed E-state index contributed by atoms with van der Waals surface area (Å²) in [7, 11) is 0. The molecule has 0 bridgehead atoms. The second kappa shape index (κ2) is 11.4. The molecule has 0 saturated carbocycles. The van der Waals surface area contributed by atoms with E-state index >= 15 is 0 Å². The van der Waals surface area contributed by atoms with Crippen molar-refractivity contribution in [1.82, 2.24) is 14.2 Å². The molecule has 2 aromatic heterocycles. The molecule has 0 unspecified atom stereocenters. The van der Waals surface area contributed by atoms with Gasteiger partial charge in [0, 0.05) is 33.2 Å². The van der Waals surface area contributed by atoms with Gasteiger partial charge in [0.1, 0.15) is 5.75 Å². The first-order valence-corrected chi connectivity index (χ1v) is 14.3. The summed E-state index contributed by atoms with van der Waals surface area (Å²) in [5.74, 6) is 1.57. The van der Waals surface area contributed by atoms with Gasteiger partial charge >= 0.3 is 0 Å². The number of benzene rings is 3. The number of aryl methyl sites for hydroxylation is 3.